The number of nitrogens with zero attached hydrogens (tertiary/aromatic N) is 1. The van der Waals surface area contributed by atoms with Gasteiger partial charge in [0.2, 0.25) is 0 Å². The third-order valence-electron chi connectivity index (χ3n) is 3.66. The van der Waals surface area contributed by atoms with Crippen molar-refractivity contribution in [2.75, 3.05) is 25.0 Å². The van der Waals surface area contributed by atoms with Crippen molar-refractivity contribution in [1.29, 1.82) is 0 Å². The Morgan fingerprint density at radius 1 is 1.48 bits per heavy atom. The molecule has 0 saturated carbocycles. The minimum atomic E-state index is -0.0480. The third-order valence-corrected chi connectivity index (χ3v) is 3.66. The van der Waals surface area contributed by atoms with Crippen molar-refractivity contribution < 1.29 is 9.90 Å². The summed E-state index contributed by atoms with van der Waals surface area (Å²) < 4.78 is 0. The number of benzene rings is 1. The molecule has 5 heteroatoms. The molecule has 1 saturated heterocycles. The maximum atomic E-state index is 12.1. The zero-order valence-electron chi connectivity index (χ0n) is 12.8. The highest BCUT2D eigenvalue weighted by Gasteiger charge is 2.25. The molecule has 1 heterocycles. The van der Waals surface area contributed by atoms with E-state index in [-0.39, 0.29) is 18.6 Å². The minimum Gasteiger partial charge on any atom is -0.396 e. The van der Waals surface area contributed by atoms with E-state index in [0.717, 1.165) is 24.2 Å². The fourth-order valence-electron chi connectivity index (χ4n) is 2.56. The van der Waals surface area contributed by atoms with Gasteiger partial charge in [0.05, 0.1) is 0 Å². The van der Waals surface area contributed by atoms with E-state index < -0.39 is 0 Å². The van der Waals surface area contributed by atoms with Gasteiger partial charge >= 0.3 is 6.03 Å². The Morgan fingerprint density at radius 3 is 2.95 bits per heavy atom. The first-order valence-corrected chi connectivity index (χ1v) is 7.57. The van der Waals surface area contributed by atoms with Crippen LogP contribution in [0.5, 0.6) is 0 Å². The summed E-state index contributed by atoms with van der Waals surface area (Å²) in [6.07, 6.45) is 0.887. The average molecular weight is 291 g/mol. The number of urea groups is 1. The molecule has 1 unspecified atom stereocenters. The number of carbonyl (C=O) groups excluding carboxylic acids is 1. The number of aliphatic hydroxyl groups excluding tert-OH is 1. The molecule has 1 aromatic rings. The molecule has 1 aromatic carbocycles. The Labute approximate surface area is 126 Å². The van der Waals surface area contributed by atoms with Crippen molar-refractivity contribution in [3.63, 3.8) is 0 Å². The first-order valence-electron chi connectivity index (χ1n) is 7.57. The van der Waals surface area contributed by atoms with Crippen molar-refractivity contribution in [3.05, 3.63) is 29.8 Å². The molecule has 2 amide bonds. The lowest BCUT2D eigenvalue weighted by molar-refractivity contribution is 0.198. The molecular weight excluding hydrogens is 266 g/mol. The van der Waals surface area contributed by atoms with E-state index in [2.05, 4.69) is 30.5 Å². The smallest absolute Gasteiger partial charge is 0.317 e. The summed E-state index contributed by atoms with van der Waals surface area (Å²) in [5.41, 5.74) is 2.14. The van der Waals surface area contributed by atoms with Gasteiger partial charge in [0.1, 0.15) is 0 Å². The van der Waals surface area contributed by atoms with E-state index in [4.69, 9.17) is 5.11 Å². The molecular formula is C16H25N3O2. The van der Waals surface area contributed by atoms with Gasteiger partial charge in [0.25, 0.3) is 0 Å². The number of hydrogen-bond donors (Lipinski definition) is 3. The van der Waals surface area contributed by atoms with Crippen molar-refractivity contribution in [2.45, 2.75) is 32.9 Å². The zero-order chi connectivity index (χ0) is 15.2. The molecule has 0 aliphatic carbocycles. The van der Waals surface area contributed by atoms with Crippen LogP contribution in [-0.4, -0.2) is 41.8 Å². The molecule has 5 nitrogen and oxygen atoms in total. The van der Waals surface area contributed by atoms with Gasteiger partial charge in [-0.3, -0.25) is 0 Å². The molecule has 21 heavy (non-hydrogen) atoms. The Balaban J connectivity index is 1.84. The van der Waals surface area contributed by atoms with Gasteiger partial charge in [-0.15, -0.1) is 0 Å². The first-order chi connectivity index (χ1) is 10.1. The molecule has 0 radical (unpaired) electrons. The Bertz CT molecular complexity index is 476. The Morgan fingerprint density at radius 2 is 2.29 bits per heavy atom. The molecule has 3 N–H and O–H groups in total. The maximum absolute atomic E-state index is 12.1. The van der Waals surface area contributed by atoms with Crippen LogP contribution in [0.25, 0.3) is 0 Å². The minimum absolute atomic E-state index is 0.0480. The van der Waals surface area contributed by atoms with Crippen LogP contribution in [-0.2, 0) is 6.54 Å². The van der Waals surface area contributed by atoms with E-state index in [9.17, 15) is 4.79 Å². The summed E-state index contributed by atoms with van der Waals surface area (Å²) >= 11 is 0. The average Bonchev–Trinajstić information content (AvgIpc) is 2.93. The second-order valence-corrected chi connectivity index (χ2v) is 5.94. The lowest BCUT2D eigenvalue weighted by atomic mass is 10.1. The van der Waals surface area contributed by atoms with Crippen LogP contribution >= 0.6 is 0 Å². The normalized spacial score (nSPS) is 18.1. The van der Waals surface area contributed by atoms with Gasteiger partial charge in [-0.1, -0.05) is 12.1 Å². The largest absolute Gasteiger partial charge is 0.396 e. The van der Waals surface area contributed by atoms with E-state index in [1.54, 1.807) is 4.90 Å². The molecule has 116 valence electrons. The van der Waals surface area contributed by atoms with Gasteiger partial charge in [-0.2, -0.15) is 0 Å². The maximum Gasteiger partial charge on any atom is 0.317 e. The second kappa shape index (κ2) is 7.31. The molecule has 1 aliphatic rings. The van der Waals surface area contributed by atoms with Gasteiger partial charge in [0, 0.05) is 43.9 Å². The van der Waals surface area contributed by atoms with Crippen LogP contribution in [0.15, 0.2) is 24.3 Å². The number of nitrogens with one attached hydrogen (secondary N) is 2. The van der Waals surface area contributed by atoms with E-state index in [0.29, 0.717) is 19.1 Å². The molecule has 1 aliphatic heterocycles. The number of carbonyl (C=O) groups is 1. The zero-order valence-corrected chi connectivity index (χ0v) is 12.8. The summed E-state index contributed by atoms with van der Waals surface area (Å²) in [4.78, 5) is 13.8. The van der Waals surface area contributed by atoms with Gasteiger partial charge in [0.15, 0.2) is 0 Å². The molecule has 0 aromatic heterocycles. The highest BCUT2D eigenvalue weighted by atomic mass is 16.3. The van der Waals surface area contributed by atoms with Crippen molar-refractivity contribution in [3.8, 4) is 0 Å². The van der Waals surface area contributed by atoms with Crippen LogP contribution in [0.1, 0.15) is 25.8 Å². The summed E-state index contributed by atoms with van der Waals surface area (Å²) in [6.45, 7) is 6.25. The predicted molar refractivity (Wildman–Crippen MR) is 84.2 cm³/mol. The molecule has 1 fully saturated rings. The van der Waals surface area contributed by atoms with Gasteiger partial charge < -0.3 is 20.6 Å². The second-order valence-electron chi connectivity index (χ2n) is 5.94. The topological polar surface area (TPSA) is 64.6 Å². The Kier molecular flexibility index (Phi) is 5.44. The summed E-state index contributed by atoms with van der Waals surface area (Å²) in [6, 6.07) is 8.41. The summed E-state index contributed by atoms with van der Waals surface area (Å²) in [5.74, 6) is 0.231. The SMILES string of the molecule is CC(C)Nc1cccc(CNC(=O)N2CCC(CO)C2)c1. The van der Waals surface area contributed by atoms with Crippen LogP contribution in [0, 0.1) is 5.92 Å². The Hall–Kier alpha value is -1.75. The van der Waals surface area contributed by atoms with Gasteiger partial charge in [-0.25, -0.2) is 4.79 Å². The van der Waals surface area contributed by atoms with Crippen molar-refractivity contribution in [2.24, 2.45) is 5.92 Å². The number of anilines is 1. The summed E-state index contributed by atoms with van der Waals surface area (Å²) in [7, 11) is 0. The lowest BCUT2D eigenvalue weighted by Crippen LogP contribution is -2.38. The summed E-state index contributed by atoms with van der Waals surface area (Å²) in [5, 5.41) is 15.4. The number of likely N-dealkylation sites (tertiary alicyclic amines) is 1. The fourth-order valence-corrected chi connectivity index (χ4v) is 2.56. The molecule has 0 spiro atoms. The number of amides is 2. The predicted octanol–water partition coefficient (Wildman–Crippen LogP) is 2.03. The molecule has 0 bridgehead atoms. The molecule has 1 atom stereocenters. The first kappa shape index (κ1) is 15.6. The van der Waals surface area contributed by atoms with Crippen LogP contribution in [0.2, 0.25) is 0 Å². The van der Waals surface area contributed by atoms with Crippen LogP contribution in [0.3, 0.4) is 0 Å². The highest BCUT2D eigenvalue weighted by molar-refractivity contribution is 5.74. The van der Waals surface area contributed by atoms with E-state index >= 15 is 0 Å². The number of hydrogen-bond acceptors (Lipinski definition) is 3. The van der Waals surface area contributed by atoms with Crippen LogP contribution < -0.4 is 10.6 Å². The van der Waals surface area contributed by atoms with Crippen molar-refractivity contribution >= 4 is 11.7 Å². The third kappa shape index (κ3) is 4.63. The van der Waals surface area contributed by atoms with E-state index in [1.165, 1.54) is 0 Å². The number of aliphatic hydroxyl groups is 1. The highest BCUT2D eigenvalue weighted by Crippen LogP contribution is 2.16. The monoisotopic (exact) mass is 291 g/mol. The van der Waals surface area contributed by atoms with Crippen LogP contribution in [0.4, 0.5) is 10.5 Å². The lowest BCUT2D eigenvalue weighted by Gasteiger charge is -2.17. The van der Waals surface area contributed by atoms with Crippen molar-refractivity contribution in [1.82, 2.24) is 10.2 Å². The number of rotatable bonds is 5. The fraction of sp³-hybridized carbons (Fsp3) is 0.562. The van der Waals surface area contributed by atoms with E-state index in [1.807, 2.05) is 18.2 Å². The quantitative estimate of drug-likeness (QED) is 0.778. The molecule has 2 rings (SSSR count). The van der Waals surface area contributed by atoms with Gasteiger partial charge in [-0.05, 0) is 38.0 Å². The standard InChI is InChI=1S/C16H25N3O2/c1-12(2)18-15-5-3-4-13(8-15)9-17-16(21)19-7-6-14(10-19)11-20/h3-5,8,12,14,18,20H,6-7,9-11H2,1-2H3,(H,17,21).